The molecule has 3 N–H and O–H groups in total. The van der Waals surface area contributed by atoms with Gasteiger partial charge in [0.1, 0.15) is 0 Å². The third-order valence-electron chi connectivity index (χ3n) is 1.87. The number of carbonyl (C=O) groups excluding carboxylic acids is 1. The van der Waals surface area contributed by atoms with Crippen molar-refractivity contribution in [3.63, 3.8) is 0 Å². The van der Waals surface area contributed by atoms with Crippen LogP contribution in [0.4, 0.5) is 0 Å². The van der Waals surface area contributed by atoms with E-state index in [1.165, 1.54) is 0 Å². The van der Waals surface area contributed by atoms with Crippen molar-refractivity contribution in [2.75, 3.05) is 33.4 Å². The van der Waals surface area contributed by atoms with Gasteiger partial charge in [-0.1, -0.05) is 6.92 Å². The topological polar surface area (TPSA) is 67.6 Å². The number of nitrogens with zero attached hydrogens (tertiary/aromatic N) is 1. The van der Waals surface area contributed by atoms with E-state index in [9.17, 15) is 4.79 Å². The monoisotopic (exact) mass is 189 g/mol. The molecule has 0 aliphatic rings. The SMILES string of the molecule is CCN(CCOC)CCC(=O)NN. The smallest absolute Gasteiger partial charge is 0.235 e. The van der Waals surface area contributed by atoms with Gasteiger partial charge in [-0.2, -0.15) is 0 Å². The zero-order valence-corrected chi connectivity index (χ0v) is 8.38. The number of hydrogen-bond donors (Lipinski definition) is 2. The Morgan fingerprint density at radius 3 is 2.69 bits per heavy atom. The van der Waals surface area contributed by atoms with E-state index in [0.29, 0.717) is 13.0 Å². The van der Waals surface area contributed by atoms with Crippen LogP contribution in [-0.4, -0.2) is 44.2 Å². The van der Waals surface area contributed by atoms with Crippen LogP contribution in [0.2, 0.25) is 0 Å². The molecular weight excluding hydrogens is 170 g/mol. The van der Waals surface area contributed by atoms with Gasteiger partial charge in [-0.25, -0.2) is 5.84 Å². The summed E-state index contributed by atoms with van der Waals surface area (Å²) in [5, 5.41) is 0. The molecule has 5 nitrogen and oxygen atoms in total. The van der Waals surface area contributed by atoms with Gasteiger partial charge in [0.2, 0.25) is 5.91 Å². The first kappa shape index (κ1) is 12.3. The molecule has 0 spiro atoms. The molecule has 0 rings (SSSR count). The van der Waals surface area contributed by atoms with Gasteiger partial charge in [0.15, 0.2) is 0 Å². The Kier molecular flexibility index (Phi) is 7.57. The van der Waals surface area contributed by atoms with Crippen molar-refractivity contribution in [3.05, 3.63) is 0 Å². The van der Waals surface area contributed by atoms with Crippen LogP contribution < -0.4 is 11.3 Å². The first-order valence-electron chi connectivity index (χ1n) is 4.45. The van der Waals surface area contributed by atoms with E-state index in [0.717, 1.165) is 19.6 Å². The van der Waals surface area contributed by atoms with Gasteiger partial charge in [0, 0.05) is 26.6 Å². The number of ether oxygens (including phenoxy) is 1. The van der Waals surface area contributed by atoms with Crippen molar-refractivity contribution < 1.29 is 9.53 Å². The number of nitrogens with one attached hydrogen (secondary N) is 1. The van der Waals surface area contributed by atoms with Crippen molar-refractivity contribution in [2.24, 2.45) is 5.84 Å². The molecule has 0 saturated carbocycles. The molecule has 0 aromatic carbocycles. The van der Waals surface area contributed by atoms with Crippen LogP contribution in [0.25, 0.3) is 0 Å². The Labute approximate surface area is 79.2 Å². The van der Waals surface area contributed by atoms with Gasteiger partial charge in [0.25, 0.3) is 0 Å². The minimum Gasteiger partial charge on any atom is -0.383 e. The van der Waals surface area contributed by atoms with Crippen molar-refractivity contribution in [2.45, 2.75) is 13.3 Å². The highest BCUT2D eigenvalue weighted by molar-refractivity contribution is 5.75. The third kappa shape index (κ3) is 6.51. The first-order valence-corrected chi connectivity index (χ1v) is 4.45. The number of hydrogen-bond acceptors (Lipinski definition) is 4. The summed E-state index contributed by atoms with van der Waals surface area (Å²) in [6.07, 6.45) is 0.439. The molecule has 0 heterocycles. The van der Waals surface area contributed by atoms with Crippen molar-refractivity contribution >= 4 is 5.91 Å². The number of rotatable bonds is 7. The zero-order chi connectivity index (χ0) is 10.1. The number of hydrazine groups is 1. The Bertz CT molecular complexity index is 141. The molecule has 0 aliphatic carbocycles. The summed E-state index contributed by atoms with van der Waals surface area (Å²) in [6, 6.07) is 0. The molecule has 0 unspecified atom stereocenters. The van der Waals surface area contributed by atoms with Crippen LogP contribution in [0.5, 0.6) is 0 Å². The molecule has 0 radical (unpaired) electrons. The first-order chi connectivity index (χ1) is 6.24. The van der Waals surface area contributed by atoms with E-state index in [-0.39, 0.29) is 5.91 Å². The minimum atomic E-state index is -0.129. The number of likely N-dealkylation sites (N-methyl/N-ethyl adjacent to an activating group) is 1. The number of nitrogens with two attached hydrogens (primary N) is 1. The molecule has 0 saturated heterocycles. The lowest BCUT2D eigenvalue weighted by Crippen LogP contribution is -2.35. The number of carbonyl (C=O) groups is 1. The van der Waals surface area contributed by atoms with Crippen molar-refractivity contribution in [3.8, 4) is 0 Å². The van der Waals surface area contributed by atoms with Gasteiger partial charge in [-0.3, -0.25) is 10.2 Å². The van der Waals surface area contributed by atoms with Gasteiger partial charge in [0.05, 0.1) is 6.61 Å². The number of amides is 1. The second kappa shape index (κ2) is 7.97. The van der Waals surface area contributed by atoms with Gasteiger partial charge >= 0.3 is 0 Å². The number of methoxy groups -OCH3 is 1. The molecule has 1 amide bonds. The van der Waals surface area contributed by atoms with E-state index in [1.54, 1.807) is 7.11 Å². The van der Waals surface area contributed by atoms with Gasteiger partial charge in [-0.05, 0) is 6.54 Å². The summed E-state index contributed by atoms with van der Waals surface area (Å²) in [4.78, 5) is 12.9. The fourth-order valence-corrected chi connectivity index (χ4v) is 0.980. The van der Waals surface area contributed by atoms with Crippen LogP contribution in [-0.2, 0) is 9.53 Å². The molecule has 0 aliphatic heterocycles. The van der Waals surface area contributed by atoms with E-state index in [4.69, 9.17) is 10.6 Å². The molecule has 5 heteroatoms. The fourth-order valence-electron chi connectivity index (χ4n) is 0.980. The second-order valence-corrected chi connectivity index (χ2v) is 2.74. The van der Waals surface area contributed by atoms with E-state index in [1.807, 2.05) is 0 Å². The summed E-state index contributed by atoms with van der Waals surface area (Å²) in [7, 11) is 1.67. The molecule has 0 atom stereocenters. The quantitative estimate of drug-likeness (QED) is 0.317. The summed E-state index contributed by atoms with van der Waals surface area (Å²) in [5.41, 5.74) is 2.10. The maximum atomic E-state index is 10.8. The van der Waals surface area contributed by atoms with Crippen LogP contribution in [0.3, 0.4) is 0 Å². The van der Waals surface area contributed by atoms with E-state index < -0.39 is 0 Å². The minimum absolute atomic E-state index is 0.129. The third-order valence-corrected chi connectivity index (χ3v) is 1.87. The largest absolute Gasteiger partial charge is 0.383 e. The average Bonchev–Trinajstić information content (AvgIpc) is 2.17. The standard InChI is InChI=1S/C8H19N3O2/c1-3-11(6-7-13-2)5-4-8(12)10-9/h3-7,9H2,1-2H3,(H,10,12). The highest BCUT2D eigenvalue weighted by Crippen LogP contribution is 1.90. The molecule has 0 fully saturated rings. The molecule has 0 bridgehead atoms. The Balaban J connectivity index is 3.52. The maximum absolute atomic E-state index is 10.8. The lowest BCUT2D eigenvalue weighted by atomic mass is 10.3. The van der Waals surface area contributed by atoms with Crippen LogP contribution in [0, 0.1) is 0 Å². The predicted molar refractivity (Wildman–Crippen MR) is 50.9 cm³/mol. The highest BCUT2D eigenvalue weighted by atomic mass is 16.5. The van der Waals surface area contributed by atoms with Gasteiger partial charge in [-0.15, -0.1) is 0 Å². The highest BCUT2D eigenvalue weighted by Gasteiger charge is 2.04. The van der Waals surface area contributed by atoms with Crippen LogP contribution in [0.1, 0.15) is 13.3 Å². The van der Waals surface area contributed by atoms with E-state index >= 15 is 0 Å². The normalized spacial score (nSPS) is 10.5. The average molecular weight is 189 g/mol. The van der Waals surface area contributed by atoms with Crippen molar-refractivity contribution in [1.82, 2.24) is 10.3 Å². The molecular formula is C8H19N3O2. The fraction of sp³-hybridized carbons (Fsp3) is 0.875. The summed E-state index contributed by atoms with van der Waals surface area (Å²) >= 11 is 0. The molecule has 13 heavy (non-hydrogen) atoms. The molecule has 78 valence electrons. The molecule has 0 aromatic rings. The second-order valence-electron chi connectivity index (χ2n) is 2.74. The summed E-state index contributed by atoms with van der Waals surface area (Å²) in [6.45, 7) is 5.24. The maximum Gasteiger partial charge on any atom is 0.235 e. The predicted octanol–water partition coefficient (Wildman–Crippen LogP) is -0.665. The Hall–Kier alpha value is -0.650. The Morgan fingerprint density at radius 1 is 1.54 bits per heavy atom. The Morgan fingerprint density at radius 2 is 2.23 bits per heavy atom. The van der Waals surface area contributed by atoms with Crippen molar-refractivity contribution in [1.29, 1.82) is 0 Å². The summed E-state index contributed by atoms with van der Waals surface area (Å²) in [5.74, 6) is 4.83. The zero-order valence-electron chi connectivity index (χ0n) is 8.38. The summed E-state index contributed by atoms with van der Waals surface area (Å²) < 4.78 is 4.94. The molecule has 0 aromatic heterocycles. The van der Waals surface area contributed by atoms with Crippen LogP contribution in [0.15, 0.2) is 0 Å². The van der Waals surface area contributed by atoms with Crippen LogP contribution >= 0.6 is 0 Å². The lowest BCUT2D eigenvalue weighted by molar-refractivity contribution is -0.121. The van der Waals surface area contributed by atoms with E-state index in [2.05, 4.69) is 17.2 Å². The van der Waals surface area contributed by atoms with Gasteiger partial charge < -0.3 is 9.64 Å². The lowest BCUT2D eigenvalue weighted by Gasteiger charge is -2.18.